The standard InChI is InChI=1S/C15H20N2O2/c18-15(17-13-2-3-13)10-16-7-5-11-1-4-14-12(9-11)6-8-19-14/h1,4,9,13,16H,2-3,5-8,10H2,(H,17,18). The Hall–Kier alpha value is -1.55. The monoisotopic (exact) mass is 260 g/mol. The third kappa shape index (κ3) is 3.47. The lowest BCUT2D eigenvalue weighted by molar-refractivity contribution is -0.120. The van der Waals surface area contributed by atoms with Crippen LogP contribution in [0.25, 0.3) is 0 Å². The third-order valence-electron chi connectivity index (χ3n) is 3.57. The predicted molar refractivity (Wildman–Crippen MR) is 73.4 cm³/mol. The zero-order valence-corrected chi connectivity index (χ0v) is 11.1. The molecule has 4 heteroatoms. The summed E-state index contributed by atoms with van der Waals surface area (Å²) in [7, 11) is 0. The maximum atomic E-state index is 11.5. The maximum Gasteiger partial charge on any atom is 0.234 e. The Bertz CT molecular complexity index is 469. The number of nitrogens with one attached hydrogen (secondary N) is 2. The molecule has 3 rings (SSSR count). The van der Waals surface area contributed by atoms with E-state index in [4.69, 9.17) is 4.74 Å². The minimum Gasteiger partial charge on any atom is -0.493 e. The van der Waals surface area contributed by atoms with E-state index in [1.54, 1.807) is 0 Å². The van der Waals surface area contributed by atoms with Gasteiger partial charge in [0.2, 0.25) is 5.91 Å². The molecule has 1 aromatic carbocycles. The quantitative estimate of drug-likeness (QED) is 0.751. The van der Waals surface area contributed by atoms with E-state index in [0.29, 0.717) is 12.6 Å². The number of hydrogen-bond acceptors (Lipinski definition) is 3. The van der Waals surface area contributed by atoms with Crippen LogP contribution in [0.4, 0.5) is 0 Å². The lowest BCUT2D eigenvalue weighted by Crippen LogP contribution is -2.35. The normalized spacial score (nSPS) is 16.8. The van der Waals surface area contributed by atoms with Crippen LogP contribution in [0.2, 0.25) is 0 Å². The van der Waals surface area contributed by atoms with Gasteiger partial charge in [-0.15, -0.1) is 0 Å². The van der Waals surface area contributed by atoms with Crippen LogP contribution in [0.5, 0.6) is 5.75 Å². The molecule has 0 saturated heterocycles. The van der Waals surface area contributed by atoms with Crippen LogP contribution in [-0.4, -0.2) is 31.6 Å². The molecule has 2 aliphatic rings. The summed E-state index contributed by atoms with van der Waals surface area (Å²) in [5.74, 6) is 1.14. The summed E-state index contributed by atoms with van der Waals surface area (Å²) in [6, 6.07) is 6.83. The van der Waals surface area contributed by atoms with Crippen LogP contribution in [0.15, 0.2) is 18.2 Å². The van der Waals surface area contributed by atoms with Gasteiger partial charge in [0.25, 0.3) is 0 Å². The fraction of sp³-hybridized carbons (Fsp3) is 0.533. The van der Waals surface area contributed by atoms with Crippen molar-refractivity contribution in [3.05, 3.63) is 29.3 Å². The first kappa shape index (κ1) is 12.5. The number of benzene rings is 1. The van der Waals surface area contributed by atoms with Crippen LogP contribution in [0.3, 0.4) is 0 Å². The molecule has 0 aromatic heterocycles. The number of fused-ring (bicyclic) bond motifs is 1. The number of hydrogen-bond donors (Lipinski definition) is 2. The molecule has 0 unspecified atom stereocenters. The van der Waals surface area contributed by atoms with Crippen LogP contribution < -0.4 is 15.4 Å². The highest BCUT2D eigenvalue weighted by Gasteiger charge is 2.22. The van der Waals surface area contributed by atoms with Crippen molar-refractivity contribution in [2.24, 2.45) is 0 Å². The van der Waals surface area contributed by atoms with E-state index in [-0.39, 0.29) is 5.91 Å². The smallest absolute Gasteiger partial charge is 0.234 e. The SMILES string of the molecule is O=C(CNCCc1ccc2c(c1)CCO2)NC1CC1. The Morgan fingerprint density at radius 2 is 2.26 bits per heavy atom. The van der Waals surface area contributed by atoms with E-state index in [1.807, 2.05) is 0 Å². The van der Waals surface area contributed by atoms with Crippen LogP contribution in [0.1, 0.15) is 24.0 Å². The van der Waals surface area contributed by atoms with E-state index >= 15 is 0 Å². The molecule has 19 heavy (non-hydrogen) atoms. The van der Waals surface area contributed by atoms with Gasteiger partial charge in [0.1, 0.15) is 5.75 Å². The summed E-state index contributed by atoms with van der Waals surface area (Å²) < 4.78 is 5.48. The molecule has 1 amide bonds. The van der Waals surface area contributed by atoms with Crippen molar-refractivity contribution in [3.8, 4) is 5.75 Å². The predicted octanol–water partition coefficient (Wildman–Crippen LogP) is 1.03. The van der Waals surface area contributed by atoms with Gasteiger partial charge in [-0.3, -0.25) is 4.79 Å². The second-order valence-electron chi connectivity index (χ2n) is 5.31. The minimum absolute atomic E-state index is 0.116. The second kappa shape index (κ2) is 5.61. The van der Waals surface area contributed by atoms with Gasteiger partial charge in [-0.1, -0.05) is 12.1 Å². The first-order chi connectivity index (χ1) is 9.31. The molecular formula is C15H20N2O2. The van der Waals surface area contributed by atoms with Crippen molar-refractivity contribution in [2.45, 2.75) is 31.7 Å². The molecule has 0 bridgehead atoms. The molecule has 1 aliphatic carbocycles. The van der Waals surface area contributed by atoms with Gasteiger partial charge in [0.05, 0.1) is 13.2 Å². The van der Waals surface area contributed by atoms with Gasteiger partial charge in [-0.25, -0.2) is 0 Å². The zero-order chi connectivity index (χ0) is 13.1. The average Bonchev–Trinajstić information content (AvgIpc) is 3.09. The molecule has 1 fully saturated rings. The first-order valence-electron chi connectivity index (χ1n) is 7.06. The van der Waals surface area contributed by atoms with E-state index in [9.17, 15) is 4.79 Å². The van der Waals surface area contributed by atoms with Gasteiger partial charge in [0.15, 0.2) is 0 Å². The minimum atomic E-state index is 0.116. The first-order valence-corrected chi connectivity index (χ1v) is 7.06. The van der Waals surface area contributed by atoms with Gasteiger partial charge in [-0.05, 0) is 43.0 Å². The molecule has 1 saturated carbocycles. The highest BCUT2D eigenvalue weighted by atomic mass is 16.5. The van der Waals surface area contributed by atoms with E-state index in [2.05, 4.69) is 28.8 Å². The second-order valence-corrected chi connectivity index (χ2v) is 5.31. The Balaban J connectivity index is 1.38. The van der Waals surface area contributed by atoms with Crippen molar-refractivity contribution in [1.82, 2.24) is 10.6 Å². The zero-order valence-electron chi connectivity index (χ0n) is 11.1. The van der Waals surface area contributed by atoms with Crippen LogP contribution >= 0.6 is 0 Å². The topological polar surface area (TPSA) is 50.4 Å². The van der Waals surface area contributed by atoms with E-state index < -0.39 is 0 Å². The Morgan fingerprint density at radius 1 is 1.37 bits per heavy atom. The van der Waals surface area contributed by atoms with Crippen LogP contribution in [-0.2, 0) is 17.6 Å². The molecule has 102 valence electrons. The molecule has 2 N–H and O–H groups in total. The summed E-state index contributed by atoms with van der Waals surface area (Å²) in [6.07, 6.45) is 4.25. The van der Waals surface area contributed by atoms with Crippen molar-refractivity contribution in [2.75, 3.05) is 19.7 Å². The molecule has 1 aromatic rings. The summed E-state index contributed by atoms with van der Waals surface area (Å²) in [5.41, 5.74) is 2.61. The highest BCUT2D eigenvalue weighted by Crippen LogP contribution is 2.25. The Morgan fingerprint density at radius 3 is 3.11 bits per heavy atom. The number of carbonyl (C=O) groups is 1. The van der Waals surface area contributed by atoms with Crippen molar-refractivity contribution < 1.29 is 9.53 Å². The molecule has 0 spiro atoms. The number of amides is 1. The summed E-state index contributed by atoms with van der Waals surface area (Å²) in [5, 5.41) is 6.16. The van der Waals surface area contributed by atoms with Crippen molar-refractivity contribution in [1.29, 1.82) is 0 Å². The molecule has 1 aliphatic heterocycles. The Kier molecular flexibility index (Phi) is 3.69. The summed E-state index contributed by atoms with van der Waals surface area (Å²) >= 11 is 0. The molecule has 0 radical (unpaired) electrons. The fourth-order valence-corrected chi connectivity index (χ4v) is 2.34. The van der Waals surface area contributed by atoms with E-state index in [0.717, 1.165) is 44.6 Å². The average molecular weight is 260 g/mol. The third-order valence-corrected chi connectivity index (χ3v) is 3.57. The van der Waals surface area contributed by atoms with E-state index in [1.165, 1.54) is 11.1 Å². The van der Waals surface area contributed by atoms with Gasteiger partial charge in [0, 0.05) is 12.5 Å². The number of ether oxygens (including phenoxy) is 1. The molecule has 1 heterocycles. The molecule has 4 nitrogen and oxygen atoms in total. The largest absolute Gasteiger partial charge is 0.493 e. The maximum absolute atomic E-state index is 11.5. The van der Waals surface area contributed by atoms with Gasteiger partial charge >= 0.3 is 0 Å². The number of carbonyl (C=O) groups excluding carboxylic acids is 1. The van der Waals surface area contributed by atoms with Gasteiger partial charge < -0.3 is 15.4 Å². The Labute approximate surface area is 113 Å². The fourth-order valence-electron chi connectivity index (χ4n) is 2.34. The van der Waals surface area contributed by atoms with Crippen LogP contribution in [0, 0.1) is 0 Å². The number of rotatable bonds is 6. The van der Waals surface area contributed by atoms with Crippen molar-refractivity contribution >= 4 is 5.91 Å². The van der Waals surface area contributed by atoms with Gasteiger partial charge in [-0.2, -0.15) is 0 Å². The summed E-state index contributed by atoms with van der Waals surface area (Å²) in [4.78, 5) is 11.5. The van der Waals surface area contributed by atoms with Crippen molar-refractivity contribution in [3.63, 3.8) is 0 Å². The lowest BCUT2D eigenvalue weighted by atomic mass is 10.1. The lowest BCUT2D eigenvalue weighted by Gasteiger charge is -2.07. The highest BCUT2D eigenvalue weighted by molar-refractivity contribution is 5.78. The molecule has 0 atom stereocenters. The molecular weight excluding hydrogens is 240 g/mol. The summed E-state index contributed by atoms with van der Waals surface area (Å²) in [6.45, 7) is 2.06.